The Balaban J connectivity index is 3.40. The van der Waals surface area contributed by atoms with Crippen LogP contribution in [-0.4, -0.2) is 69.8 Å². The SMILES string of the molecule is CCC(=O)COCCNC(=O)COCCNC(=O)COC(C)C. The third kappa shape index (κ3) is 15.2. The fraction of sp³-hybridized carbons (Fsp3) is 0.800. The predicted octanol–water partition coefficient (Wildman–Crippen LogP) is -0.344. The molecule has 0 aliphatic rings. The summed E-state index contributed by atoms with van der Waals surface area (Å²) in [6.45, 7) is 6.62. The van der Waals surface area contributed by atoms with Crippen LogP contribution >= 0.6 is 0 Å². The second-order valence-corrected chi connectivity index (χ2v) is 5.06. The maximum Gasteiger partial charge on any atom is 0.246 e. The van der Waals surface area contributed by atoms with Crippen LogP contribution < -0.4 is 10.6 Å². The molecule has 8 nitrogen and oxygen atoms in total. The van der Waals surface area contributed by atoms with Gasteiger partial charge in [0.2, 0.25) is 11.8 Å². The smallest absolute Gasteiger partial charge is 0.246 e. The van der Waals surface area contributed by atoms with Crippen molar-refractivity contribution in [2.45, 2.75) is 33.3 Å². The van der Waals surface area contributed by atoms with Crippen molar-refractivity contribution in [3.63, 3.8) is 0 Å². The van der Waals surface area contributed by atoms with Gasteiger partial charge in [-0.3, -0.25) is 14.4 Å². The molecule has 0 aromatic rings. The Hall–Kier alpha value is -1.51. The van der Waals surface area contributed by atoms with E-state index in [0.717, 1.165) is 0 Å². The fourth-order valence-electron chi connectivity index (χ4n) is 1.32. The highest BCUT2D eigenvalue weighted by molar-refractivity contribution is 5.79. The van der Waals surface area contributed by atoms with E-state index in [2.05, 4.69) is 10.6 Å². The van der Waals surface area contributed by atoms with Gasteiger partial charge in [-0.2, -0.15) is 0 Å². The summed E-state index contributed by atoms with van der Waals surface area (Å²) < 4.78 is 15.3. The zero-order valence-electron chi connectivity index (χ0n) is 14.2. The summed E-state index contributed by atoms with van der Waals surface area (Å²) in [4.78, 5) is 33.7. The molecule has 0 unspecified atom stereocenters. The van der Waals surface area contributed by atoms with Crippen molar-refractivity contribution in [3.8, 4) is 0 Å². The molecule has 0 saturated carbocycles. The third-order valence-electron chi connectivity index (χ3n) is 2.58. The molecule has 0 atom stereocenters. The Bertz CT molecular complexity index is 360. The molecule has 2 amide bonds. The predicted molar refractivity (Wildman–Crippen MR) is 84.0 cm³/mol. The summed E-state index contributed by atoms with van der Waals surface area (Å²) in [5, 5.41) is 5.21. The van der Waals surface area contributed by atoms with Crippen molar-refractivity contribution in [2.75, 3.05) is 46.1 Å². The van der Waals surface area contributed by atoms with Gasteiger partial charge in [0.05, 0.1) is 19.3 Å². The van der Waals surface area contributed by atoms with Crippen LogP contribution in [-0.2, 0) is 28.6 Å². The molecule has 0 spiro atoms. The number of carbonyl (C=O) groups is 3. The van der Waals surface area contributed by atoms with Gasteiger partial charge in [-0.25, -0.2) is 0 Å². The Labute approximate surface area is 137 Å². The largest absolute Gasteiger partial charge is 0.372 e. The van der Waals surface area contributed by atoms with Crippen molar-refractivity contribution in [1.29, 1.82) is 0 Å². The maximum atomic E-state index is 11.4. The lowest BCUT2D eigenvalue weighted by molar-refractivity contribution is -0.127. The zero-order valence-corrected chi connectivity index (χ0v) is 14.2. The minimum atomic E-state index is -0.273. The molecule has 0 aliphatic carbocycles. The minimum absolute atomic E-state index is 0.00442. The van der Waals surface area contributed by atoms with Crippen LogP contribution in [0.4, 0.5) is 0 Å². The average Bonchev–Trinajstić information content (AvgIpc) is 2.51. The molecule has 0 aliphatic heterocycles. The standard InChI is InChI=1S/C15H28N2O6/c1-4-13(18)9-21-7-5-16-14(19)10-22-8-6-17-15(20)11-23-12(2)3/h12H,4-11H2,1-3H3,(H,16,19)(H,17,20). The second kappa shape index (κ2) is 14.1. The quantitative estimate of drug-likeness (QED) is 0.422. The van der Waals surface area contributed by atoms with Crippen LogP contribution in [0.15, 0.2) is 0 Å². The van der Waals surface area contributed by atoms with E-state index in [1.54, 1.807) is 6.92 Å². The summed E-state index contributed by atoms with van der Waals surface area (Å²) in [6, 6.07) is 0. The Morgan fingerprint density at radius 1 is 0.870 bits per heavy atom. The van der Waals surface area contributed by atoms with Crippen LogP contribution in [0, 0.1) is 0 Å². The molecule has 0 aromatic carbocycles. The number of Topliss-reactive ketones (excluding diaryl/α,β-unsaturated/α-hetero) is 1. The molecule has 134 valence electrons. The van der Waals surface area contributed by atoms with Gasteiger partial charge in [0.25, 0.3) is 0 Å². The molecule has 0 rings (SSSR count). The summed E-state index contributed by atoms with van der Waals surface area (Å²) in [5.74, 6) is -0.462. The lowest BCUT2D eigenvalue weighted by Crippen LogP contribution is -2.34. The Morgan fingerprint density at radius 2 is 1.39 bits per heavy atom. The molecule has 0 fully saturated rings. The lowest BCUT2D eigenvalue weighted by atomic mass is 10.3. The monoisotopic (exact) mass is 332 g/mol. The van der Waals surface area contributed by atoms with Crippen LogP contribution in [0.1, 0.15) is 27.2 Å². The van der Waals surface area contributed by atoms with Gasteiger partial charge in [-0.15, -0.1) is 0 Å². The minimum Gasteiger partial charge on any atom is -0.372 e. The number of carbonyl (C=O) groups excluding carboxylic acids is 3. The van der Waals surface area contributed by atoms with Crippen LogP contribution in [0.5, 0.6) is 0 Å². The van der Waals surface area contributed by atoms with Gasteiger partial charge in [0.15, 0.2) is 5.78 Å². The fourth-order valence-corrected chi connectivity index (χ4v) is 1.32. The Kier molecular flexibility index (Phi) is 13.2. The van der Waals surface area contributed by atoms with E-state index in [4.69, 9.17) is 14.2 Å². The van der Waals surface area contributed by atoms with E-state index in [1.165, 1.54) is 0 Å². The highest BCUT2D eigenvalue weighted by Crippen LogP contribution is 1.86. The first-order chi connectivity index (χ1) is 11.0. The molecule has 23 heavy (non-hydrogen) atoms. The normalized spacial score (nSPS) is 10.6. The topological polar surface area (TPSA) is 103 Å². The summed E-state index contributed by atoms with van der Waals surface area (Å²) in [7, 11) is 0. The van der Waals surface area contributed by atoms with Gasteiger partial charge in [0.1, 0.15) is 19.8 Å². The number of ketones is 1. The molecule has 2 N–H and O–H groups in total. The zero-order chi connectivity index (χ0) is 17.5. The molecule has 0 bridgehead atoms. The van der Waals surface area contributed by atoms with E-state index < -0.39 is 0 Å². The van der Waals surface area contributed by atoms with E-state index in [9.17, 15) is 14.4 Å². The number of hydrogen-bond acceptors (Lipinski definition) is 6. The van der Waals surface area contributed by atoms with Crippen LogP contribution in [0.2, 0.25) is 0 Å². The molecule has 0 aromatic heterocycles. The summed E-state index contributed by atoms with van der Waals surface area (Å²) >= 11 is 0. The first-order valence-electron chi connectivity index (χ1n) is 7.77. The van der Waals surface area contributed by atoms with Gasteiger partial charge >= 0.3 is 0 Å². The van der Waals surface area contributed by atoms with Crippen molar-refractivity contribution in [1.82, 2.24) is 10.6 Å². The van der Waals surface area contributed by atoms with E-state index >= 15 is 0 Å². The summed E-state index contributed by atoms with van der Waals surface area (Å²) in [5.41, 5.74) is 0. The second-order valence-electron chi connectivity index (χ2n) is 5.06. The number of nitrogens with one attached hydrogen (secondary N) is 2. The van der Waals surface area contributed by atoms with E-state index in [1.807, 2.05) is 13.8 Å². The molecular formula is C15H28N2O6. The summed E-state index contributed by atoms with van der Waals surface area (Å²) in [6.07, 6.45) is 0.449. The molecule has 0 saturated heterocycles. The number of rotatable bonds is 14. The molecular weight excluding hydrogens is 304 g/mol. The van der Waals surface area contributed by atoms with Crippen LogP contribution in [0.3, 0.4) is 0 Å². The van der Waals surface area contributed by atoms with Crippen molar-refractivity contribution in [2.24, 2.45) is 0 Å². The molecule has 0 radical (unpaired) electrons. The maximum absolute atomic E-state index is 11.4. The third-order valence-corrected chi connectivity index (χ3v) is 2.58. The molecule has 8 heteroatoms. The van der Waals surface area contributed by atoms with Crippen molar-refractivity contribution in [3.05, 3.63) is 0 Å². The highest BCUT2D eigenvalue weighted by Gasteiger charge is 2.04. The molecule has 0 heterocycles. The van der Waals surface area contributed by atoms with E-state index in [0.29, 0.717) is 19.5 Å². The lowest BCUT2D eigenvalue weighted by Gasteiger charge is -2.09. The number of hydrogen-bond donors (Lipinski definition) is 2. The van der Waals surface area contributed by atoms with Gasteiger partial charge in [0, 0.05) is 19.5 Å². The van der Waals surface area contributed by atoms with Gasteiger partial charge < -0.3 is 24.8 Å². The first kappa shape index (κ1) is 21.5. The van der Waals surface area contributed by atoms with Gasteiger partial charge in [-0.05, 0) is 13.8 Å². The first-order valence-corrected chi connectivity index (χ1v) is 7.77. The number of ether oxygens (including phenoxy) is 3. The van der Waals surface area contributed by atoms with Crippen molar-refractivity contribution < 1.29 is 28.6 Å². The van der Waals surface area contributed by atoms with E-state index in [-0.39, 0.29) is 56.7 Å². The van der Waals surface area contributed by atoms with Crippen molar-refractivity contribution >= 4 is 17.6 Å². The Morgan fingerprint density at radius 3 is 1.91 bits per heavy atom. The van der Waals surface area contributed by atoms with Gasteiger partial charge in [-0.1, -0.05) is 6.92 Å². The van der Waals surface area contributed by atoms with Crippen LogP contribution in [0.25, 0.3) is 0 Å². The average molecular weight is 332 g/mol. The number of amides is 2. The highest BCUT2D eigenvalue weighted by atomic mass is 16.5.